The summed E-state index contributed by atoms with van der Waals surface area (Å²) < 4.78 is 18.3. The Bertz CT molecular complexity index is 302. The minimum absolute atomic E-state index is 0.210. The summed E-state index contributed by atoms with van der Waals surface area (Å²) in [4.78, 5) is 0. The van der Waals surface area contributed by atoms with Crippen molar-refractivity contribution in [1.82, 2.24) is 0 Å². The van der Waals surface area contributed by atoms with Crippen molar-refractivity contribution in [3.8, 4) is 0 Å². The summed E-state index contributed by atoms with van der Waals surface area (Å²) in [5.74, 6) is -0.210. The summed E-state index contributed by atoms with van der Waals surface area (Å²) >= 11 is 0. The van der Waals surface area contributed by atoms with Crippen LogP contribution in [0.2, 0.25) is 0 Å². The summed E-state index contributed by atoms with van der Waals surface area (Å²) in [5, 5.41) is 3.17. The highest BCUT2D eigenvalue weighted by Crippen LogP contribution is 2.15. The average Bonchev–Trinajstić information content (AvgIpc) is 2.23. The van der Waals surface area contributed by atoms with E-state index in [1.54, 1.807) is 13.2 Å². The van der Waals surface area contributed by atoms with Gasteiger partial charge in [0.05, 0.1) is 6.61 Å². The first-order valence-corrected chi connectivity index (χ1v) is 5.29. The molecule has 1 aromatic rings. The normalized spacial score (nSPS) is 10.3. The molecule has 0 aliphatic carbocycles. The van der Waals surface area contributed by atoms with E-state index in [9.17, 15) is 4.39 Å². The molecule has 0 aliphatic heterocycles. The molecular formula is C12H18FNO. The SMILES string of the molecule is CCCCNc1ccc(COC)c(F)c1. The quantitative estimate of drug-likeness (QED) is 0.730. The lowest BCUT2D eigenvalue weighted by Crippen LogP contribution is -2.02. The Balaban J connectivity index is 2.56. The third-order valence-electron chi connectivity index (χ3n) is 2.21. The van der Waals surface area contributed by atoms with Crippen LogP contribution in [0.5, 0.6) is 0 Å². The summed E-state index contributed by atoms with van der Waals surface area (Å²) in [6, 6.07) is 5.16. The van der Waals surface area contributed by atoms with E-state index in [1.807, 2.05) is 6.07 Å². The van der Waals surface area contributed by atoms with Crippen molar-refractivity contribution in [1.29, 1.82) is 0 Å². The highest BCUT2D eigenvalue weighted by molar-refractivity contribution is 5.45. The summed E-state index contributed by atoms with van der Waals surface area (Å²) in [7, 11) is 1.56. The smallest absolute Gasteiger partial charge is 0.130 e. The van der Waals surface area contributed by atoms with Crippen molar-refractivity contribution in [2.45, 2.75) is 26.4 Å². The van der Waals surface area contributed by atoms with Gasteiger partial charge in [0.1, 0.15) is 5.82 Å². The van der Waals surface area contributed by atoms with Crippen LogP contribution in [0.25, 0.3) is 0 Å². The zero-order valence-corrected chi connectivity index (χ0v) is 9.35. The van der Waals surface area contributed by atoms with Gasteiger partial charge in [-0.15, -0.1) is 0 Å². The molecular weight excluding hydrogens is 193 g/mol. The number of rotatable bonds is 6. The highest BCUT2D eigenvalue weighted by atomic mass is 19.1. The largest absolute Gasteiger partial charge is 0.385 e. The van der Waals surface area contributed by atoms with Gasteiger partial charge in [-0.1, -0.05) is 19.4 Å². The van der Waals surface area contributed by atoms with Crippen LogP contribution in [0.4, 0.5) is 10.1 Å². The number of nitrogens with one attached hydrogen (secondary N) is 1. The van der Waals surface area contributed by atoms with E-state index in [0.717, 1.165) is 25.1 Å². The number of halogens is 1. The molecule has 2 nitrogen and oxygen atoms in total. The Morgan fingerprint density at radius 2 is 2.20 bits per heavy atom. The maximum Gasteiger partial charge on any atom is 0.130 e. The standard InChI is InChI=1S/C12H18FNO/c1-3-4-7-14-11-6-5-10(9-15-2)12(13)8-11/h5-6,8,14H,3-4,7,9H2,1-2H3. The maximum absolute atomic E-state index is 13.4. The van der Waals surface area contributed by atoms with Crippen LogP contribution in [0.15, 0.2) is 18.2 Å². The minimum atomic E-state index is -0.210. The van der Waals surface area contributed by atoms with Crippen molar-refractivity contribution in [2.24, 2.45) is 0 Å². The fourth-order valence-corrected chi connectivity index (χ4v) is 1.34. The average molecular weight is 211 g/mol. The zero-order valence-electron chi connectivity index (χ0n) is 9.35. The van der Waals surface area contributed by atoms with E-state index in [-0.39, 0.29) is 5.82 Å². The predicted molar refractivity (Wildman–Crippen MR) is 60.5 cm³/mol. The van der Waals surface area contributed by atoms with E-state index >= 15 is 0 Å². The molecule has 0 radical (unpaired) electrons. The van der Waals surface area contributed by atoms with Crippen molar-refractivity contribution >= 4 is 5.69 Å². The predicted octanol–water partition coefficient (Wildman–Crippen LogP) is 3.18. The molecule has 15 heavy (non-hydrogen) atoms. The second-order valence-electron chi connectivity index (χ2n) is 3.52. The van der Waals surface area contributed by atoms with Crippen LogP contribution in [0.1, 0.15) is 25.3 Å². The number of anilines is 1. The zero-order chi connectivity index (χ0) is 11.1. The van der Waals surface area contributed by atoms with E-state index in [1.165, 1.54) is 6.07 Å². The van der Waals surface area contributed by atoms with Crippen LogP contribution in [0.3, 0.4) is 0 Å². The van der Waals surface area contributed by atoms with Gasteiger partial charge in [0.15, 0.2) is 0 Å². The molecule has 0 fully saturated rings. The minimum Gasteiger partial charge on any atom is -0.385 e. The fourth-order valence-electron chi connectivity index (χ4n) is 1.34. The number of methoxy groups -OCH3 is 1. The molecule has 0 bridgehead atoms. The van der Waals surface area contributed by atoms with Gasteiger partial charge in [-0.2, -0.15) is 0 Å². The highest BCUT2D eigenvalue weighted by Gasteiger charge is 2.02. The van der Waals surface area contributed by atoms with Crippen molar-refractivity contribution in [3.05, 3.63) is 29.6 Å². The molecule has 0 saturated carbocycles. The molecule has 84 valence electrons. The Morgan fingerprint density at radius 3 is 2.80 bits per heavy atom. The van der Waals surface area contributed by atoms with Crippen LogP contribution < -0.4 is 5.32 Å². The second kappa shape index (κ2) is 6.40. The third-order valence-corrected chi connectivity index (χ3v) is 2.21. The molecule has 0 amide bonds. The van der Waals surface area contributed by atoms with Crippen molar-refractivity contribution in [2.75, 3.05) is 19.0 Å². The topological polar surface area (TPSA) is 21.3 Å². The van der Waals surface area contributed by atoms with E-state index in [4.69, 9.17) is 4.74 Å². The second-order valence-corrected chi connectivity index (χ2v) is 3.52. The first-order valence-electron chi connectivity index (χ1n) is 5.29. The maximum atomic E-state index is 13.4. The van der Waals surface area contributed by atoms with E-state index < -0.39 is 0 Å². The van der Waals surface area contributed by atoms with Gasteiger partial charge in [0.2, 0.25) is 0 Å². The molecule has 0 saturated heterocycles. The van der Waals surface area contributed by atoms with Crippen LogP contribution >= 0.6 is 0 Å². The number of hydrogen-bond acceptors (Lipinski definition) is 2. The van der Waals surface area contributed by atoms with E-state index in [0.29, 0.717) is 12.2 Å². The fraction of sp³-hybridized carbons (Fsp3) is 0.500. The van der Waals surface area contributed by atoms with Crippen molar-refractivity contribution in [3.63, 3.8) is 0 Å². The summed E-state index contributed by atoms with van der Waals surface area (Å²) in [5.41, 5.74) is 1.43. The molecule has 0 unspecified atom stereocenters. The monoisotopic (exact) mass is 211 g/mol. The number of hydrogen-bond donors (Lipinski definition) is 1. The Labute approximate surface area is 90.4 Å². The molecule has 0 aromatic heterocycles. The van der Waals surface area contributed by atoms with Gasteiger partial charge in [0.25, 0.3) is 0 Å². The van der Waals surface area contributed by atoms with Gasteiger partial charge in [-0.05, 0) is 18.6 Å². The summed E-state index contributed by atoms with van der Waals surface area (Å²) in [6.45, 7) is 3.34. The molecule has 1 N–H and O–H groups in total. The molecule has 0 heterocycles. The van der Waals surface area contributed by atoms with Crippen LogP contribution in [0, 0.1) is 5.82 Å². The first kappa shape index (κ1) is 12.0. The molecule has 0 atom stereocenters. The third kappa shape index (κ3) is 3.88. The number of ether oxygens (including phenoxy) is 1. The van der Waals surface area contributed by atoms with Gasteiger partial charge in [-0.25, -0.2) is 4.39 Å². The molecule has 1 rings (SSSR count). The van der Waals surface area contributed by atoms with E-state index in [2.05, 4.69) is 12.2 Å². The Hall–Kier alpha value is -1.09. The van der Waals surface area contributed by atoms with Gasteiger partial charge in [0, 0.05) is 24.9 Å². The number of benzene rings is 1. The van der Waals surface area contributed by atoms with Crippen molar-refractivity contribution < 1.29 is 9.13 Å². The Morgan fingerprint density at radius 1 is 1.40 bits per heavy atom. The lowest BCUT2D eigenvalue weighted by molar-refractivity contribution is 0.181. The lowest BCUT2D eigenvalue weighted by Gasteiger charge is -2.07. The molecule has 1 aromatic carbocycles. The summed E-state index contributed by atoms with van der Waals surface area (Å²) in [6.07, 6.45) is 2.23. The van der Waals surface area contributed by atoms with Gasteiger partial charge < -0.3 is 10.1 Å². The first-order chi connectivity index (χ1) is 7.27. The lowest BCUT2D eigenvalue weighted by atomic mass is 10.2. The van der Waals surface area contributed by atoms with Crippen LogP contribution in [-0.4, -0.2) is 13.7 Å². The van der Waals surface area contributed by atoms with Gasteiger partial charge in [-0.3, -0.25) is 0 Å². The molecule has 0 spiro atoms. The Kier molecular flexibility index (Phi) is 5.12. The number of unbranched alkanes of at least 4 members (excludes halogenated alkanes) is 1. The van der Waals surface area contributed by atoms with Crippen LogP contribution in [-0.2, 0) is 11.3 Å². The molecule has 0 aliphatic rings. The van der Waals surface area contributed by atoms with Gasteiger partial charge >= 0.3 is 0 Å². The molecule has 3 heteroatoms.